The molecule has 2 atom stereocenters. The Labute approximate surface area is 385 Å². The highest BCUT2D eigenvalue weighted by atomic mass is 16.4. The third-order valence-electron chi connectivity index (χ3n) is 12.2. The van der Waals surface area contributed by atoms with E-state index in [0.717, 1.165) is 66.5 Å². The van der Waals surface area contributed by atoms with E-state index < -0.39 is 5.97 Å². The molecule has 8 aromatic rings. The van der Waals surface area contributed by atoms with Crippen molar-refractivity contribution >= 4 is 34.5 Å². The number of oxazole rings is 2. The Hall–Kier alpha value is -7.62. The van der Waals surface area contributed by atoms with Crippen molar-refractivity contribution in [1.82, 2.24) is 64.2 Å². The number of pyridine rings is 2. The fourth-order valence-corrected chi connectivity index (χ4v) is 8.31. The van der Waals surface area contributed by atoms with Crippen LogP contribution in [-0.2, 0) is 12.8 Å². The number of carbonyl (C=O) groups excluding carboxylic acids is 1. The molecule has 10 heterocycles. The van der Waals surface area contributed by atoms with E-state index in [9.17, 15) is 14.7 Å². The summed E-state index contributed by atoms with van der Waals surface area (Å²) < 4.78 is 14.4. The summed E-state index contributed by atoms with van der Waals surface area (Å²) in [5.74, 6) is -1.28. The molecule has 2 saturated heterocycles. The number of likely N-dealkylation sites (N-methyl/N-ethyl adjacent to an activating group) is 2. The quantitative estimate of drug-likeness (QED) is 0.117. The zero-order valence-electron chi connectivity index (χ0n) is 37.8. The van der Waals surface area contributed by atoms with Crippen molar-refractivity contribution in [3.05, 3.63) is 96.5 Å². The molecular weight excluding hydrogens is 857 g/mol. The minimum atomic E-state index is -1.25. The summed E-state index contributed by atoms with van der Waals surface area (Å²) in [6, 6.07) is 8.50. The average molecular weight is 911 g/mol. The van der Waals surface area contributed by atoms with Crippen LogP contribution < -0.4 is 22.5 Å². The number of nitrogens with one attached hydrogen (secondary N) is 1. The average Bonchev–Trinajstić information content (AvgIpc) is 4.21. The molecule has 2 fully saturated rings. The first kappa shape index (κ1) is 45.9. The van der Waals surface area contributed by atoms with Gasteiger partial charge in [0.25, 0.3) is 5.91 Å². The molecule has 10 rings (SSSR count). The standard InChI is InChI=1S/C23H26N8O2.C17H14N6O3.C6H14N2/c1-3-14-12-27-31-9-6-15(11-17(14)31)18-19(23-25-7-10-33-23)29-21(24)20(28-18)22(32)26-13-16-5-4-8-30(16)2;1-2-9-8-20-23-5-3-10(7-11(9)23)12-13(16-19-4-6-26-16)22-15(18)14(21-12)17(24)25;1-8-4-2-3-6(8)5-7/h6-7,9-12,16H,3-5,8,13H2,1-2H3,(H2,24,29)(H,26,32);3-8H,2H2,1H3,(H2,18,22)(H,24,25);6H,2-5,7H2,1H3/t16-;;6-/m0.0/s1. The largest absolute Gasteiger partial charge is 0.476 e. The number of aryl methyl sites for hydroxylation is 2. The number of fused-ring (bicyclic) bond motifs is 2. The van der Waals surface area contributed by atoms with Gasteiger partial charge in [-0.1, -0.05) is 13.8 Å². The van der Waals surface area contributed by atoms with Crippen molar-refractivity contribution in [3.63, 3.8) is 0 Å². The van der Waals surface area contributed by atoms with Crippen molar-refractivity contribution in [3.8, 4) is 45.7 Å². The summed E-state index contributed by atoms with van der Waals surface area (Å²) in [6.07, 6.45) is 19.6. The maximum Gasteiger partial charge on any atom is 0.358 e. The summed E-state index contributed by atoms with van der Waals surface area (Å²) in [4.78, 5) is 54.9. The first-order valence-electron chi connectivity index (χ1n) is 22.2. The lowest BCUT2D eigenvalue weighted by Gasteiger charge is -2.19. The maximum absolute atomic E-state index is 13.0. The van der Waals surface area contributed by atoms with Crippen LogP contribution in [0.1, 0.15) is 71.6 Å². The number of amides is 1. The summed E-state index contributed by atoms with van der Waals surface area (Å²) >= 11 is 0. The number of aromatic nitrogens is 10. The van der Waals surface area contributed by atoms with Crippen LogP contribution in [0.15, 0.2) is 82.8 Å². The van der Waals surface area contributed by atoms with E-state index in [1.54, 1.807) is 23.0 Å². The van der Waals surface area contributed by atoms with Crippen molar-refractivity contribution in [2.45, 2.75) is 64.5 Å². The number of carbonyl (C=O) groups is 2. The van der Waals surface area contributed by atoms with Crippen LogP contribution in [0.3, 0.4) is 0 Å². The molecule has 1 amide bonds. The Morgan fingerprint density at radius 3 is 1.64 bits per heavy atom. The SMILES string of the molecule is CCc1cnn2ccc(-c3nc(C(=O)NC[C@@H]4CCCN4C)c(N)nc3-c3ncco3)cc12.CCc1cnn2ccc(-c3nc(C(=O)O)c(N)nc3-c3ncco3)cc12.CN1CCC[C@H]1CN. The van der Waals surface area contributed by atoms with Gasteiger partial charge in [0, 0.05) is 48.7 Å². The van der Waals surface area contributed by atoms with Crippen LogP contribution in [-0.4, -0.2) is 128 Å². The summed E-state index contributed by atoms with van der Waals surface area (Å²) in [5, 5.41) is 21.0. The van der Waals surface area contributed by atoms with Crippen LogP contribution in [0.4, 0.5) is 11.6 Å². The summed E-state index contributed by atoms with van der Waals surface area (Å²) in [5.41, 5.74) is 24.1. The Balaban J connectivity index is 0.000000159. The predicted octanol–water partition coefficient (Wildman–Crippen LogP) is 4.74. The van der Waals surface area contributed by atoms with E-state index in [-0.39, 0.29) is 46.4 Å². The number of carboxylic acid groups (broad SMARTS) is 1. The summed E-state index contributed by atoms with van der Waals surface area (Å²) in [6.45, 7) is 7.75. The van der Waals surface area contributed by atoms with Crippen LogP contribution in [0.25, 0.3) is 56.7 Å². The third-order valence-corrected chi connectivity index (χ3v) is 12.2. The highest BCUT2D eigenvalue weighted by Crippen LogP contribution is 2.33. The molecule has 8 aromatic heterocycles. The van der Waals surface area contributed by atoms with E-state index in [0.29, 0.717) is 41.3 Å². The van der Waals surface area contributed by atoms with E-state index >= 15 is 0 Å². The van der Waals surface area contributed by atoms with Gasteiger partial charge in [0.2, 0.25) is 11.8 Å². The fourth-order valence-electron chi connectivity index (χ4n) is 8.31. The van der Waals surface area contributed by atoms with Gasteiger partial charge < -0.3 is 46.3 Å². The minimum absolute atomic E-state index is 0.0314. The highest BCUT2D eigenvalue weighted by molar-refractivity contribution is 5.98. The molecule has 8 N–H and O–H groups in total. The topological polar surface area (TPSA) is 289 Å². The lowest BCUT2D eigenvalue weighted by atomic mass is 10.1. The number of anilines is 2. The summed E-state index contributed by atoms with van der Waals surface area (Å²) in [7, 11) is 4.21. The van der Waals surface area contributed by atoms with Crippen LogP contribution in [0.2, 0.25) is 0 Å². The van der Waals surface area contributed by atoms with Gasteiger partial charge in [0.1, 0.15) is 23.9 Å². The predicted molar refractivity (Wildman–Crippen MR) is 251 cm³/mol. The zero-order valence-corrected chi connectivity index (χ0v) is 37.8. The second-order valence-electron chi connectivity index (χ2n) is 16.3. The molecule has 0 radical (unpaired) electrons. The van der Waals surface area contributed by atoms with Gasteiger partial charge in [-0.3, -0.25) is 4.79 Å². The molecular formula is C46H54N16O5. The number of hydrogen-bond donors (Lipinski definition) is 5. The molecule has 2 aliphatic rings. The van der Waals surface area contributed by atoms with Crippen molar-refractivity contribution in [2.24, 2.45) is 5.73 Å². The number of hydrogen-bond acceptors (Lipinski definition) is 17. The van der Waals surface area contributed by atoms with E-state index in [1.165, 1.54) is 44.3 Å². The van der Waals surface area contributed by atoms with E-state index in [4.69, 9.17) is 26.0 Å². The number of aromatic carboxylic acids is 1. The van der Waals surface area contributed by atoms with Gasteiger partial charge in [-0.2, -0.15) is 10.2 Å². The molecule has 0 bridgehead atoms. The first-order chi connectivity index (χ1) is 32.5. The van der Waals surface area contributed by atoms with Gasteiger partial charge in [0.05, 0.1) is 35.8 Å². The van der Waals surface area contributed by atoms with Gasteiger partial charge in [-0.25, -0.2) is 43.7 Å². The first-order valence-corrected chi connectivity index (χ1v) is 22.2. The van der Waals surface area contributed by atoms with E-state index in [2.05, 4.69) is 76.2 Å². The van der Waals surface area contributed by atoms with Crippen LogP contribution in [0.5, 0.6) is 0 Å². The molecule has 67 heavy (non-hydrogen) atoms. The zero-order chi connectivity index (χ0) is 47.2. The normalized spacial score (nSPS) is 16.2. The van der Waals surface area contributed by atoms with Crippen LogP contribution in [0, 0.1) is 0 Å². The van der Waals surface area contributed by atoms with Gasteiger partial charge in [-0.15, -0.1) is 0 Å². The lowest BCUT2D eigenvalue weighted by Crippen LogP contribution is -2.38. The van der Waals surface area contributed by atoms with Crippen molar-refractivity contribution < 1.29 is 23.5 Å². The molecule has 0 aliphatic carbocycles. The lowest BCUT2D eigenvalue weighted by molar-refractivity contribution is 0.0691. The second kappa shape index (κ2) is 20.3. The molecule has 0 saturated carbocycles. The monoisotopic (exact) mass is 910 g/mol. The van der Waals surface area contributed by atoms with Gasteiger partial charge >= 0.3 is 5.97 Å². The fraction of sp³-hybridized carbons (Fsp3) is 0.348. The molecule has 21 nitrogen and oxygen atoms in total. The molecule has 0 unspecified atom stereocenters. The molecule has 0 spiro atoms. The number of likely N-dealkylation sites (tertiary alicyclic amines) is 2. The highest BCUT2D eigenvalue weighted by Gasteiger charge is 2.26. The third kappa shape index (κ3) is 9.83. The molecule has 2 aliphatic heterocycles. The second-order valence-corrected chi connectivity index (χ2v) is 16.3. The number of rotatable bonds is 11. The Morgan fingerprint density at radius 1 is 0.731 bits per heavy atom. The molecule has 348 valence electrons. The maximum atomic E-state index is 13.0. The van der Waals surface area contributed by atoms with Crippen LogP contribution >= 0.6 is 0 Å². The van der Waals surface area contributed by atoms with Crippen molar-refractivity contribution in [1.29, 1.82) is 0 Å². The van der Waals surface area contributed by atoms with Crippen molar-refractivity contribution in [2.75, 3.05) is 51.7 Å². The smallest absolute Gasteiger partial charge is 0.358 e. The number of carboxylic acids is 1. The Morgan fingerprint density at radius 2 is 1.22 bits per heavy atom. The van der Waals surface area contributed by atoms with Gasteiger partial charge in [-0.05, 0) is 101 Å². The molecule has 0 aromatic carbocycles. The molecule has 21 heteroatoms. The van der Waals surface area contributed by atoms with Gasteiger partial charge in [0.15, 0.2) is 34.4 Å². The Bertz CT molecular complexity index is 2980. The Kier molecular flexibility index (Phi) is 13.9. The number of nitrogen functional groups attached to an aromatic ring is 2. The number of nitrogens with zero attached hydrogens (tertiary/aromatic N) is 12. The van der Waals surface area contributed by atoms with E-state index in [1.807, 2.05) is 42.0 Å². The minimum Gasteiger partial charge on any atom is -0.476 e. The number of nitrogens with two attached hydrogens (primary N) is 3.